The Hall–Kier alpha value is -2.69. The number of rotatable bonds is 5. The number of imide groups is 1. The van der Waals surface area contributed by atoms with Crippen molar-refractivity contribution in [2.24, 2.45) is 0 Å². The molecule has 0 bridgehead atoms. The molecule has 1 saturated heterocycles. The fourth-order valence-electron chi connectivity index (χ4n) is 2.88. The molecule has 1 fully saturated rings. The Morgan fingerprint density at radius 3 is 2.54 bits per heavy atom. The predicted molar refractivity (Wildman–Crippen MR) is 93.4 cm³/mol. The molecule has 1 aliphatic rings. The van der Waals surface area contributed by atoms with Gasteiger partial charge in [-0.1, -0.05) is 37.3 Å². The molecule has 2 rings (SSSR count). The highest BCUT2D eigenvalue weighted by atomic mass is 16.2. The second kappa shape index (κ2) is 7.73. The molecule has 0 aliphatic carbocycles. The summed E-state index contributed by atoms with van der Waals surface area (Å²) in [6, 6.07) is 7.23. The molecule has 0 spiro atoms. The second-order valence-electron chi connectivity index (χ2n) is 5.76. The monoisotopic (exact) mass is 326 g/mol. The van der Waals surface area contributed by atoms with Gasteiger partial charge in [0.25, 0.3) is 0 Å². The van der Waals surface area contributed by atoms with Crippen molar-refractivity contribution in [1.29, 1.82) is 0 Å². The van der Waals surface area contributed by atoms with Crippen LogP contribution in [-0.4, -0.2) is 17.7 Å². The number of hydrogen-bond donors (Lipinski definition) is 2. The molecule has 1 heterocycles. The molecule has 0 radical (unpaired) electrons. The molecule has 1 aromatic rings. The third-order valence-electron chi connectivity index (χ3n) is 4.33. The van der Waals surface area contributed by atoms with Gasteiger partial charge in [-0.3, -0.25) is 19.7 Å². The lowest BCUT2D eigenvalue weighted by Gasteiger charge is -2.35. The Kier molecular flexibility index (Phi) is 5.68. The zero-order valence-electron chi connectivity index (χ0n) is 14.0. The molecule has 5 heteroatoms. The highest BCUT2D eigenvalue weighted by molar-refractivity contribution is 6.03. The summed E-state index contributed by atoms with van der Waals surface area (Å²) in [6.07, 6.45) is 8.18. The molecular formula is C19H22N2O3. The topological polar surface area (TPSA) is 75.3 Å². The number of carbonyl (C=O) groups excluding carboxylic acids is 3. The lowest BCUT2D eigenvalue weighted by Crippen LogP contribution is -2.51. The van der Waals surface area contributed by atoms with Crippen LogP contribution in [0.25, 0.3) is 0 Å². The largest absolute Gasteiger partial charge is 0.323 e. The van der Waals surface area contributed by atoms with E-state index in [-0.39, 0.29) is 17.7 Å². The van der Waals surface area contributed by atoms with Crippen molar-refractivity contribution in [1.82, 2.24) is 5.32 Å². The van der Waals surface area contributed by atoms with Gasteiger partial charge in [-0.15, -0.1) is 0 Å². The molecule has 5 nitrogen and oxygen atoms in total. The Bertz CT molecular complexity index is 689. The van der Waals surface area contributed by atoms with Crippen LogP contribution >= 0.6 is 0 Å². The summed E-state index contributed by atoms with van der Waals surface area (Å²) < 4.78 is 0. The Labute approximate surface area is 141 Å². The van der Waals surface area contributed by atoms with Gasteiger partial charge in [0, 0.05) is 18.2 Å². The summed E-state index contributed by atoms with van der Waals surface area (Å²) in [6.45, 7) is 3.82. The highest BCUT2D eigenvalue weighted by Crippen LogP contribution is 2.36. The maximum atomic E-state index is 12.4. The van der Waals surface area contributed by atoms with Crippen LogP contribution in [0.15, 0.2) is 48.6 Å². The average Bonchev–Trinajstić information content (AvgIpc) is 2.57. The summed E-state index contributed by atoms with van der Waals surface area (Å²) in [4.78, 5) is 35.5. The highest BCUT2D eigenvalue weighted by Gasteiger charge is 2.42. The van der Waals surface area contributed by atoms with Crippen molar-refractivity contribution < 1.29 is 14.4 Å². The lowest BCUT2D eigenvalue weighted by molar-refractivity contribution is -0.138. The number of carbonyl (C=O) groups is 3. The van der Waals surface area contributed by atoms with E-state index in [1.165, 1.54) is 6.08 Å². The summed E-state index contributed by atoms with van der Waals surface area (Å²) in [5, 5.41) is 5.20. The fourth-order valence-corrected chi connectivity index (χ4v) is 2.88. The number of allylic oxidation sites excluding steroid dienone is 3. The van der Waals surface area contributed by atoms with Crippen LogP contribution in [0.5, 0.6) is 0 Å². The van der Waals surface area contributed by atoms with E-state index in [2.05, 4.69) is 10.6 Å². The summed E-state index contributed by atoms with van der Waals surface area (Å²) in [7, 11) is 0. The maximum Gasteiger partial charge on any atom is 0.248 e. The van der Waals surface area contributed by atoms with Gasteiger partial charge in [-0.25, -0.2) is 0 Å². The van der Waals surface area contributed by atoms with E-state index in [0.717, 1.165) is 5.56 Å². The third-order valence-corrected chi connectivity index (χ3v) is 4.33. The number of piperidine rings is 1. The standard InChI is InChI=1S/C19H22N2O3/c1-3-5-6-7-16(22)20-15-10-8-14(9-11-15)19(4-2)13-12-17(23)21-18(19)24/h3,5-11H,4,12-13H2,1-2H3,(H,20,22)(H,21,23,24). The van der Waals surface area contributed by atoms with E-state index in [1.807, 2.05) is 32.1 Å². The first-order valence-electron chi connectivity index (χ1n) is 8.07. The van der Waals surface area contributed by atoms with E-state index in [1.54, 1.807) is 24.3 Å². The molecule has 1 unspecified atom stereocenters. The van der Waals surface area contributed by atoms with Gasteiger partial charge in [-0.05, 0) is 37.5 Å². The minimum Gasteiger partial charge on any atom is -0.323 e. The zero-order valence-corrected chi connectivity index (χ0v) is 14.0. The van der Waals surface area contributed by atoms with Gasteiger partial charge in [0.15, 0.2) is 0 Å². The van der Waals surface area contributed by atoms with E-state index >= 15 is 0 Å². The maximum absolute atomic E-state index is 12.4. The molecule has 0 aromatic heterocycles. The van der Waals surface area contributed by atoms with Gasteiger partial charge in [-0.2, -0.15) is 0 Å². The van der Waals surface area contributed by atoms with Gasteiger partial charge < -0.3 is 5.32 Å². The minimum atomic E-state index is -0.678. The molecule has 1 atom stereocenters. The van der Waals surface area contributed by atoms with Crippen molar-refractivity contribution in [3.63, 3.8) is 0 Å². The SMILES string of the molecule is CC=CC=CC(=O)Nc1ccc(C2(CC)CCC(=O)NC2=O)cc1. The molecule has 126 valence electrons. The quantitative estimate of drug-likeness (QED) is 0.496. The van der Waals surface area contributed by atoms with Crippen LogP contribution in [0.2, 0.25) is 0 Å². The normalized spacial score (nSPS) is 21.2. The summed E-state index contributed by atoms with van der Waals surface area (Å²) >= 11 is 0. The van der Waals surface area contributed by atoms with E-state index in [0.29, 0.717) is 24.9 Å². The van der Waals surface area contributed by atoms with Gasteiger partial charge >= 0.3 is 0 Å². The molecule has 2 N–H and O–H groups in total. The first-order chi connectivity index (χ1) is 11.5. The Balaban J connectivity index is 2.14. The average molecular weight is 326 g/mol. The molecule has 24 heavy (non-hydrogen) atoms. The van der Waals surface area contributed by atoms with Crippen molar-refractivity contribution in [3.8, 4) is 0 Å². The number of nitrogens with one attached hydrogen (secondary N) is 2. The van der Waals surface area contributed by atoms with E-state index in [4.69, 9.17) is 0 Å². The minimum absolute atomic E-state index is 0.216. The molecule has 0 saturated carbocycles. The van der Waals surface area contributed by atoms with Crippen LogP contribution in [0.1, 0.15) is 38.7 Å². The van der Waals surface area contributed by atoms with Crippen molar-refractivity contribution in [2.45, 2.75) is 38.5 Å². The van der Waals surface area contributed by atoms with Crippen molar-refractivity contribution >= 4 is 23.4 Å². The van der Waals surface area contributed by atoms with Gasteiger partial charge in [0.05, 0.1) is 5.41 Å². The number of hydrogen-bond acceptors (Lipinski definition) is 3. The summed E-state index contributed by atoms with van der Waals surface area (Å²) in [5.74, 6) is -0.680. The van der Waals surface area contributed by atoms with E-state index in [9.17, 15) is 14.4 Å². The zero-order chi connectivity index (χ0) is 17.6. The van der Waals surface area contributed by atoms with Gasteiger partial charge in [0.1, 0.15) is 0 Å². The first kappa shape index (κ1) is 17.7. The van der Waals surface area contributed by atoms with Crippen molar-refractivity contribution in [2.75, 3.05) is 5.32 Å². The van der Waals surface area contributed by atoms with Gasteiger partial charge in [0.2, 0.25) is 17.7 Å². The second-order valence-corrected chi connectivity index (χ2v) is 5.76. The fraction of sp³-hybridized carbons (Fsp3) is 0.316. The van der Waals surface area contributed by atoms with Crippen LogP contribution in [0.3, 0.4) is 0 Å². The van der Waals surface area contributed by atoms with Crippen LogP contribution in [0.4, 0.5) is 5.69 Å². The third kappa shape index (κ3) is 3.79. The van der Waals surface area contributed by atoms with Crippen molar-refractivity contribution in [3.05, 3.63) is 54.1 Å². The number of anilines is 1. The van der Waals surface area contributed by atoms with Crippen LogP contribution < -0.4 is 10.6 Å². The summed E-state index contributed by atoms with van der Waals surface area (Å²) in [5.41, 5.74) is 0.840. The van der Waals surface area contributed by atoms with Crippen LogP contribution in [0, 0.1) is 0 Å². The van der Waals surface area contributed by atoms with E-state index < -0.39 is 5.41 Å². The molecule has 1 aliphatic heterocycles. The first-order valence-corrected chi connectivity index (χ1v) is 8.07. The Morgan fingerprint density at radius 1 is 1.25 bits per heavy atom. The Morgan fingerprint density at radius 2 is 1.96 bits per heavy atom. The number of amides is 3. The van der Waals surface area contributed by atoms with Crippen LogP contribution in [-0.2, 0) is 19.8 Å². The predicted octanol–water partition coefficient (Wildman–Crippen LogP) is 2.84. The molecule has 1 aromatic carbocycles. The smallest absolute Gasteiger partial charge is 0.248 e. The molecule has 3 amide bonds. The molecular weight excluding hydrogens is 304 g/mol. The number of benzene rings is 1. The lowest BCUT2D eigenvalue weighted by atomic mass is 9.72.